The Morgan fingerprint density at radius 1 is 1.25 bits per heavy atom. The summed E-state index contributed by atoms with van der Waals surface area (Å²) in [5.74, 6) is 0.804. The zero-order chi connectivity index (χ0) is 17.1. The van der Waals surface area contributed by atoms with Crippen molar-refractivity contribution < 1.29 is 9.53 Å². The van der Waals surface area contributed by atoms with E-state index in [4.69, 9.17) is 4.74 Å². The van der Waals surface area contributed by atoms with Crippen molar-refractivity contribution >= 4 is 49.1 Å². The number of hydrogen-bond acceptors (Lipinski definition) is 4. The molecule has 124 valence electrons. The summed E-state index contributed by atoms with van der Waals surface area (Å²) >= 11 is 4.93. The summed E-state index contributed by atoms with van der Waals surface area (Å²) in [7, 11) is 0. The van der Waals surface area contributed by atoms with Crippen molar-refractivity contribution in [2.24, 2.45) is 0 Å². The average molecular weight is 405 g/mol. The lowest BCUT2D eigenvalue weighted by Gasteiger charge is -2.14. The first-order valence-electron chi connectivity index (χ1n) is 7.61. The van der Waals surface area contributed by atoms with Gasteiger partial charge in [0.2, 0.25) is 5.91 Å². The van der Waals surface area contributed by atoms with E-state index in [0.29, 0.717) is 18.3 Å². The van der Waals surface area contributed by atoms with Crippen molar-refractivity contribution in [1.82, 2.24) is 4.98 Å². The van der Waals surface area contributed by atoms with Crippen LogP contribution in [0, 0.1) is 0 Å². The second kappa shape index (κ2) is 7.32. The third kappa shape index (κ3) is 3.76. The molecule has 0 aliphatic rings. The number of nitrogens with zero attached hydrogens (tertiary/aromatic N) is 2. The number of hydrogen-bond donors (Lipinski definition) is 0. The summed E-state index contributed by atoms with van der Waals surface area (Å²) in [6, 6.07) is 12.2. The smallest absolute Gasteiger partial charge is 0.225 e. The lowest BCUT2D eigenvalue weighted by Crippen LogP contribution is -2.27. The molecule has 1 aromatic heterocycles. The highest BCUT2D eigenvalue weighted by molar-refractivity contribution is 9.10. The highest BCUT2D eigenvalue weighted by atomic mass is 79.9. The normalized spacial score (nSPS) is 10.8. The van der Waals surface area contributed by atoms with Gasteiger partial charge in [-0.2, -0.15) is 0 Å². The van der Waals surface area contributed by atoms with E-state index in [2.05, 4.69) is 33.0 Å². The number of carbonyl (C=O) groups excluding carboxylic acids is 1. The van der Waals surface area contributed by atoms with Gasteiger partial charge in [-0.15, -0.1) is 11.3 Å². The number of aromatic nitrogens is 1. The summed E-state index contributed by atoms with van der Waals surface area (Å²) < 4.78 is 6.91. The van der Waals surface area contributed by atoms with Crippen LogP contribution in [0.5, 0.6) is 5.75 Å². The van der Waals surface area contributed by atoms with E-state index < -0.39 is 0 Å². The Hall–Kier alpha value is -1.92. The molecule has 0 bridgehead atoms. The molecule has 0 fully saturated rings. The number of halogens is 1. The lowest BCUT2D eigenvalue weighted by molar-refractivity contribution is -0.116. The molecule has 0 atom stereocenters. The van der Waals surface area contributed by atoms with Crippen molar-refractivity contribution in [2.45, 2.75) is 20.5 Å². The Labute approximate surface area is 153 Å². The van der Waals surface area contributed by atoms with Crippen LogP contribution in [0.1, 0.15) is 19.5 Å². The molecule has 6 heteroatoms. The molecule has 1 amide bonds. The maximum atomic E-state index is 11.6. The molecule has 3 rings (SSSR count). The monoisotopic (exact) mass is 404 g/mol. The zero-order valence-corrected chi connectivity index (χ0v) is 15.9. The molecule has 3 aromatic rings. The zero-order valence-electron chi connectivity index (χ0n) is 13.5. The summed E-state index contributed by atoms with van der Waals surface area (Å²) in [6.45, 7) is 4.48. The van der Waals surface area contributed by atoms with Gasteiger partial charge in [-0.25, -0.2) is 4.98 Å². The number of rotatable bonds is 5. The number of thiazole rings is 1. The molecular formula is C18H17BrN2O2S. The predicted molar refractivity (Wildman–Crippen MR) is 102 cm³/mol. The quantitative estimate of drug-likeness (QED) is 0.599. The minimum absolute atomic E-state index is 0.00000773. The fourth-order valence-corrected chi connectivity index (χ4v) is 3.72. The number of ether oxygens (including phenoxy) is 1. The Bertz CT molecular complexity index is 878. The molecular weight excluding hydrogens is 388 g/mol. The topological polar surface area (TPSA) is 42.4 Å². The van der Waals surface area contributed by atoms with Crippen molar-refractivity contribution in [3.63, 3.8) is 0 Å². The van der Waals surface area contributed by atoms with Gasteiger partial charge in [0.05, 0.1) is 5.69 Å². The first kappa shape index (κ1) is 16.9. The highest BCUT2D eigenvalue weighted by Gasteiger charge is 2.13. The van der Waals surface area contributed by atoms with Gasteiger partial charge in [0.1, 0.15) is 12.4 Å². The van der Waals surface area contributed by atoms with Crippen LogP contribution in [0.4, 0.5) is 5.13 Å². The van der Waals surface area contributed by atoms with Crippen molar-refractivity contribution in [3.05, 3.63) is 51.9 Å². The molecule has 24 heavy (non-hydrogen) atoms. The van der Waals surface area contributed by atoms with E-state index >= 15 is 0 Å². The fraction of sp³-hybridized carbons (Fsp3) is 0.222. The Kier molecular flexibility index (Phi) is 5.16. The van der Waals surface area contributed by atoms with E-state index in [1.165, 1.54) is 11.3 Å². The van der Waals surface area contributed by atoms with Gasteiger partial charge in [-0.3, -0.25) is 9.69 Å². The number of benzene rings is 2. The van der Waals surface area contributed by atoms with Crippen LogP contribution in [0.3, 0.4) is 0 Å². The summed E-state index contributed by atoms with van der Waals surface area (Å²) in [6.07, 6.45) is 0. The SMILES string of the molecule is CCN(C(C)=O)c1nc(COc2ccc3cc(Br)ccc3c2)cs1. The largest absolute Gasteiger partial charge is 0.487 e. The average Bonchev–Trinajstić information content (AvgIpc) is 3.01. The van der Waals surface area contributed by atoms with Crippen LogP contribution in [0.15, 0.2) is 46.3 Å². The minimum atomic E-state index is 0.00000773. The molecule has 0 unspecified atom stereocenters. The number of amides is 1. The minimum Gasteiger partial charge on any atom is -0.487 e. The Morgan fingerprint density at radius 3 is 2.75 bits per heavy atom. The van der Waals surface area contributed by atoms with Crippen LogP contribution in [-0.2, 0) is 11.4 Å². The van der Waals surface area contributed by atoms with E-state index in [-0.39, 0.29) is 5.91 Å². The first-order chi connectivity index (χ1) is 11.6. The fourth-order valence-electron chi connectivity index (χ4n) is 2.42. The molecule has 4 nitrogen and oxygen atoms in total. The van der Waals surface area contributed by atoms with E-state index in [1.54, 1.807) is 11.8 Å². The molecule has 2 aromatic carbocycles. The van der Waals surface area contributed by atoms with Gasteiger partial charge in [0, 0.05) is 23.3 Å². The van der Waals surface area contributed by atoms with Gasteiger partial charge < -0.3 is 4.74 Å². The Morgan fingerprint density at radius 2 is 2.00 bits per heavy atom. The van der Waals surface area contributed by atoms with Gasteiger partial charge in [0.15, 0.2) is 5.13 Å². The van der Waals surface area contributed by atoms with E-state index in [0.717, 1.165) is 26.7 Å². The standard InChI is InChI=1S/C18H17BrN2O2S/c1-3-21(12(2)22)18-20-16(11-24-18)10-23-17-7-5-13-8-15(19)6-4-14(13)9-17/h4-9,11H,3,10H2,1-2H3. The second-order valence-electron chi connectivity index (χ2n) is 5.33. The van der Waals surface area contributed by atoms with Gasteiger partial charge >= 0.3 is 0 Å². The first-order valence-corrected chi connectivity index (χ1v) is 9.28. The Balaban J connectivity index is 1.71. The van der Waals surface area contributed by atoms with Crippen molar-refractivity contribution in [1.29, 1.82) is 0 Å². The predicted octanol–water partition coefficient (Wildman–Crippen LogP) is 5.01. The molecule has 0 aliphatic carbocycles. The number of anilines is 1. The maximum Gasteiger partial charge on any atom is 0.225 e. The molecule has 0 aliphatic heterocycles. The van der Waals surface area contributed by atoms with E-state index in [1.807, 2.05) is 36.6 Å². The lowest BCUT2D eigenvalue weighted by atomic mass is 10.1. The molecule has 1 heterocycles. The summed E-state index contributed by atoms with van der Waals surface area (Å²) in [5, 5.41) is 4.93. The number of carbonyl (C=O) groups is 1. The third-order valence-electron chi connectivity index (χ3n) is 3.63. The van der Waals surface area contributed by atoms with Crippen molar-refractivity contribution in [3.8, 4) is 5.75 Å². The van der Waals surface area contributed by atoms with Crippen LogP contribution >= 0.6 is 27.3 Å². The van der Waals surface area contributed by atoms with E-state index in [9.17, 15) is 4.79 Å². The van der Waals surface area contributed by atoms with Crippen LogP contribution in [0.2, 0.25) is 0 Å². The van der Waals surface area contributed by atoms with Crippen LogP contribution in [0.25, 0.3) is 10.8 Å². The van der Waals surface area contributed by atoms with Gasteiger partial charge in [-0.1, -0.05) is 28.1 Å². The van der Waals surface area contributed by atoms with Gasteiger partial charge in [-0.05, 0) is 42.0 Å². The molecule has 0 N–H and O–H groups in total. The van der Waals surface area contributed by atoms with Gasteiger partial charge in [0.25, 0.3) is 0 Å². The molecule has 0 spiro atoms. The van der Waals surface area contributed by atoms with Crippen LogP contribution < -0.4 is 9.64 Å². The maximum absolute atomic E-state index is 11.6. The van der Waals surface area contributed by atoms with Crippen LogP contribution in [-0.4, -0.2) is 17.4 Å². The summed E-state index contributed by atoms with van der Waals surface area (Å²) in [4.78, 5) is 17.7. The molecule has 0 saturated heterocycles. The second-order valence-corrected chi connectivity index (χ2v) is 7.08. The molecule has 0 saturated carbocycles. The third-order valence-corrected chi connectivity index (χ3v) is 5.03. The van der Waals surface area contributed by atoms with Crippen molar-refractivity contribution in [2.75, 3.05) is 11.4 Å². The summed E-state index contributed by atoms with van der Waals surface area (Å²) in [5.41, 5.74) is 0.825. The highest BCUT2D eigenvalue weighted by Crippen LogP contribution is 2.25. The molecule has 0 radical (unpaired) electrons. The number of fused-ring (bicyclic) bond motifs is 1.